The minimum Gasteiger partial charge on any atom is -0.394 e. The maximum Gasteiger partial charge on any atom is 0.183 e. The summed E-state index contributed by atoms with van der Waals surface area (Å²) in [6.45, 7) is 5.45. The normalized spacial score (nSPS) is 10.9. The van der Waals surface area contributed by atoms with Gasteiger partial charge in [-0.1, -0.05) is 41.2 Å². The zero-order valence-corrected chi connectivity index (χ0v) is 14.1. The lowest BCUT2D eigenvalue weighted by molar-refractivity contribution is 0.269. The molecule has 0 saturated heterocycles. The van der Waals surface area contributed by atoms with Crippen LogP contribution in [0.2, 0.25) is 0 Å². The van der Waals surface area contributed by atoms with E-state index in [1.807, 2.05) is 19.2 Å². The van der Waals surface area contributed by atoms with Crippen LogP contribution in [0.1, 0.15) is 16.8 Å². The molecule has 3 rings (SSSR count). The van der Waals surface area contributed by atoms with Crippen molar-refractivity contribution in [1.29, 1.82) is 0 Å². The molecule has 0 spiro atoms. The van der Waals surface area contributed by atoms with Crippen LogP contribution in [0, 0.1) is 13.8 Å². The summed E-state index contributed by atoms with van der Waals surface area (Å²) >= 11 is 1.61. The summed E-state index contributed by atoms with van der Waals surface area (Å²) in [7, 11) is 0. The van der Waals surface area contributed by atoms with E-state index >= 15 is 0 Å². The summed E-state index contributed by atoms with van der Waals surface area (Å²) in [4.78, 5) is 5.65. The van der Waals surface area contributed by atoms with Crippen LogP contribution < -0.4 is 5.32 Å². The third kappa shape index (κ3) is 3.78. The van der Waals surface area contributed by atoms with Gasteiger partial charge in [-0.3, -0.25) is 4.68 Å². The summed E-state index contributed by atoms with van der Waals surface area (Å²) in [6, 6.07) is 10.4. The standard InChI is InChI=1S/C17H20N4OS/c1-12-4-3-5-14(10-12)11-18-17-19-13(2)16(23-17)15-6-7-21(20-15)8-9-22/h3-7,10,22H,8-9,11H2,1-2H3,(H,18,19). The fraction of sp³-hybridized carbons (Fsp3) is 0.294. The van der Waals surface area contributed by atoms with Gasteiger partial charge in [0.25, 0.3) is 0 Å². The van der Waals surface area contributed by atoms with Crippen molar-refractivity contribution in [3.05, 3.63) is 53.3 Å². The van der Waals surface area contributed by atoms with Gasteiger partial charge in [0.2, 0.25) is 0 Å². The summed E-state index contributed by atoms with van der Waals surface area (Å²) in [6.07, 6.45) is 1.88. The van der Waals surface area contributed by atoms with Crippen molar-refractivity contribution in [2.45, 2.75) is 26.9 Å². The third-order valence-electron chi connectivity index (χ3n) is 3.53. The quantitative estimate of drug-likeness (QED) is 0.729. The number of aliphatic hydroxyl groups excluding tert-OH is 1. The summed E-state index contributed by atoms with van der Waals surface area (Å²) < 4.78 is 1.74. The van der Waals surface area contributed by atoms with Crippen molar-refractivity contribution < 1.29 is 5.11 Å². The highest BCUT2D eigenvalue weighted by molar-refractivity contribution is 7.19. The maximum atomic E-state index is 8.98. The number of nitrogens with zero attached hydrogens (tertiary/aromatic N) is 3. The number of rotatable bonds is 6. The maximum absolute atomic E-state index is 8.98. The van der Waals surface area contributed by atoms with E-state index in [2.05, 4.69) is 46.6 Å². The van der Waals surface area contributed by atoms with Crippen LogP contribution in [0.5, 0.6) is 0 Å². The number of benzene rings is 1. The van der Waals surface area contributed by atoms with Gasteiger partial charge in [-0.05, 0) is 25.5 Å². The predicted octanol–water partition coefficient (Wildman–Crippen LogP) is 3.23. The van der Waals surface area contributed by atoms with Crippen molar-refractivity contribution in [2.24, 2.45) is 0 Å². The molecule has 0 unspecified atom stereocenters. The molecule has 2 N–H and O–H groups in total. The van der Waals surface area contributed by atoms with Gasteiger partial charge < -0.3 is 10.4 Å². The van der Waals surface area contributed by atoms with Crippen molar-refractivity contribution >= 4 is 16.5 Å². The molecule has 0 radical (unpaired) electrons. The average molecular weight is 328 g/mol. The van der Waals surface area contributed by atoms with Crippen molar-refractivity contribution in [1.82, 2.24) is 14.8 Å². The summed E-state index contributed by atoms with van der Waals surface area (Å²) in [5, 5.41) is 17.7. The molecular formula is C17H20N4OS. The second-order valence-electron chi connectivity index (χ2n) is 5.46. The van der Waals surface area contributed by atoms with Crippen LogP contribution in [0.4, 0.5) is 5.13 Å². The zero-order valence-electron chi connectivity index (χ0n) is 13.3. The van der Waals surface area contributed by atoms with E-state index in [-0.39, 0.29) is 6.61 Å². The SMILES string of the molecule is Cc1cccc(CNc2nc(C)c(-c3ccn(CCO)n3)s2)c1. The Kier molecular flexibility index (Phi) is 4.73. The van der Waals surface area contributed by atoms with Gasteiger partial charge in [0.15, 0.2) is 5.13 Å². The summed E-state index contributed by atoms with van der Waals surface area (Å²) in [5.41, 5.74) is 4.37. The van der Waals surface area contributed by atoms with Gasteiger partial charge >= 0.3 is 0 Å². The fourth-order valence-electron chi connectivity index (χ4n) is 2.42. The van der Waals surface area contributed by atoms with Crippen LogP contribution in [0.3, 0.4) is 0 Å². The molecule has 0 fully saturated rings. The van der Waals surface area contributed by atoms with Crippen LogP contribution >= 0.6 is 11.3 Å². The lowest BCUT2D eigenvalue weighted by Crippen LogP contribution is -2.02. The Bertz CT molecular complexity index is 793. The molecule has 0 aliphatic heterocycles. The Balaban J connectivity index is 1.72. The van der Waals surface area contributed by atoms with E-state index in [0.717, 1.165) is 27.9 Å². The number of anilines is 1. The number of aliphatic hydroxyl groups is 1. The summed E-state index contributed by atoms with van der Waals surface area (Å²) in [5.74, 6) is 0. The zero-order chi connectivity index (χ0) is 16.2. The highest BCUT2D eigenvalue weighted by Crippen LogP contribution is 2.31. The minimum atomic E-state index is 0.0894. The van der Waals surface area contributed by atoms with Gasteiger partial charge in [-0.25, -0.2) is 4.98 Å². The van der Waals surface area contributed by atoms with Crippen molar-refractivity contribution in [3.8, 4) is 10.6 Å². The monoisotopic (exact) mass is 328 g/mol. The number of hydrogen-bond donors (Lipinski definition) is 2. The average Bonchev–Trinajstić information content (AvgIpc) is 3.12. The van der Waals surface area contributed by atoms with Gasteiger partial charge in [0.1, 0.15) is 5.69 Å². The Morgan fingerprint density at radius 1 is 1.26 bits per heavy atom. The predicted molar refractivity (Wildman–Crippen MR) is 93.7 cm³/mol. The lowest BCUT2D eigenvalue weighted by Gasteiger charge is -2.03. The Labute approximate surface area is 139 Å². The molecule has 0 bridgehead atoms. The first-order valence-electron chi connectivity index (χ1n) is 7.57. The molecule has 0 aliphatic rings. The molecule has 0 saturated carbocycles. The smallest absolute Gasteiger partial charge is 0.183 e. The molecule has 3 aromatic rings. The topological polar surface area (TPSA) is 63.0 Å². The van der Waals surface area contributed by atoms with Crippen LogP contribution in [0.25, 0.3) is 10.6 Å². The minimum absolute atomic E-state index is 0.0894. The second kappa shape index (κ2) is 6.93. The molecule has 23 heavy (non-hydrogen) atoms. The van der Waals surface area contributed by atoms with E-state index in [0.29, 0.717) is 6.54 Å². The fourth-order valence-corrected chi connectivity index (χ4v) is 3.35. The van der Waals surface area contributed by atoms with E-state index < -0.39 is 0 Å². The first kappa shape index (κ1) is 15.7. The van der Waals surface area contributed by atoms with E-state index in [4.69, 9.17) is 5.11 Å². The Morgan fingerprint density at radius 3 is 2.91 bits per heavy atom. The van der Waals surface area contributed by atoms with Gasteiger partial charge in [0, 0.05) is 12.7 Å². The molecule has 2 aromatic heterocycles. The van der Waals surface area contributed by atoms with Crippen LogP contribution in [0.15, 0.2) is 36.5 Å². The Morgan fingerprint density at radius 2 is 2.13 bits per heavy atom. The highest BCUT2D eigenvalue weighted by atomic mass is 32.1. The van der Waals surface area contributed by atoms with Crippen molar-refractivity contribution in [3.63, 3.8) is 0 Å². The largest absolute Gasteiger partial charge is 0.394 e. The molecule has 0 atom stereocenters. The molecule has 6 heteroatoms. The number of nitrogens with one attached hydrogen (secondary N) is 1. The molecule has 0 aliphatic carbocycles. The third-order valence-corrected chi connectivity index (χ3v) is 4.66. The molecule has 1 aromatic carbocycles. The van der Waals surface area contributed by atoms with Gasteiger partial charge in [0.05, 0.1) is 23.7 Å². The molecule has 120 valence electrons. The number of aromatic nitrogens is 3. The van der Waals surface area contributed by atoms with Crippen LogP contribution in [-0.4, -0.2) is 26.5 Å². The molecule has 5 nitrogen and oxygen atoms in total. The number of aryl methyl sites for hydroxylation is 2. The van der Waals surface area contributed by atoms with E-state index in [1.165, 1.54) is 11.1 Å². The second-order valence-corrected chi connectivity index (χ2v) is 6.46. The lowest BCUT2D eigenvalue weighted by atomic mass is 10.1. The highest BCUT2D eigenvalue weighted by Gasteiger charge is 2.12. The number of thiazole rings is 1. The first-order valence-corrected chi connectivity index (χ1v) is 8.39. The first-order chi connectivity index (χ1) is 11.2. The Hall–Kier alpha value is -2.18. The van der Waals surface area contributed by atoms with Gasteiger partial charge in [-0.2, -0.15) is 5.10 Å². The van der Waals surface area contributed by atoms with E-state index in [9.17, 15) is 0 Å². The number of hydrogen-bond acceptors (Lipinski definition) is 5. The molecular weight excluding hydrogens is 308 g/mol. The molecule has 2 heterocycles. The molecule has 0 amide bonds. The van der Waals surface area contributed by atoms with E-state index in [1.54, 1.807) is 16.0 Å². The van der Waals surface area contributed by atoms with Crippen LogP contribution in [-0.2, 0) is 13.1 Å². The van der Waals surface area contributed by atoms with Gasteiger partial charge in [-0.15, -0.1) is 0 Å². The van der Waals surface area contributed by atoms with Crippen molar-refractivity contribution in [2.75, 3.05) is 11.9 Å².